The third-order valence-electron chi connectivity index (χ3n) is 6.47. The van der Waals surface area contributed by atoms with E-state index in [1.165, 1.54) is 41.2 Å². The van der Waals surface area contributed by atoms with E-state index in [9.17, 15) is 5.26 Å². The van der Waals surface area contributed by atoms with Crippen LogP contribution < -0.4 is 4.74 Å². The van der Waals surface area contributed by atoms with Crippen LogP contribution in [0.5, 0.6) is 5.75 Å². The minimum Gasteiger partial charge on any atom is -0.497 e. The number of likely N-dealkylation sites (tertiary alicyclic amines) is 1. The lowest BCUT2D eigenvalue weighted by Gasteiger charge is -2.45. The lowest BCUT2D eigenvalue weighted by Crippen LogP contribution is -2.57. The summed E-state index contributed by atoms with van der Waals surface area (Å²) in [6.07, 6.45) is 4.46. The Labute approximate surface area is 173 Å². The Balaban J connectivity index is 1.66. The highest BCUT2D eigenvalue weighted by atomic mass is 16.5. The van der Waals surface area contributed by atoms with Gasteiger partial charge in [-0.15, -0.1) is 0 Å². The minimum atomic E-state index is -0.0392. The molecule has 1 atom stereocenters. The number of hydrogen-bond acceptors (Lipinski definition) is 2. The van der Waals surface area contributed by atoms with E-state index in [1.807, 2.05) is 12.1 Å². The Morgan fingerprint density at radius 3 is 2.38 bits per heavy atom. The molecule has 3 aromatic rings. The number of rotatable bonds is 6. The highest BCUT2D eigenvalue weighted by molar-refractivity contribution is 5.85. The van der Waals surface area contributed by atoms with Gasteiger partial charge in [-0.1, -0.05) is 54.6 Å². The van der Waals surface area contributed by atoms with E-state index in [1.54, 1.807) is 7.11 Å². The quantitative estimate of drug-likeness (QED) is 0.526. The number of nitrogens with zero attached hydrogens (tertiary/aromatic N) is 2. The largest absolute Gasteiger partial charge is 0.497 e. The monoisotopic (exact) mass is 385 g/mol. The summed E-state index contributed by atoms with van der Waals surface area (Å²) >= 11 is 0. The third-order valence-corrected chi connectivity index (χ3v) is 6.47. The maximum atomic E-state index is 10.2. The molecule has 1 saturated heterocycles. The van der Waals surface area contributed by atoms with Crippen LogP contribution in [0, 0.1) is 11.3 Å². The summed E-state index contributed by atoms with van der Waals surface area (Å²) < 4.78 is 6.16. The van der Waals surface area contributed by atoms with Crippen LogP contribution in [0.15, 0.2) is 66.7 Å². The van der Waals surface area contributed by atoms with Gasteiger partial charge >= 0.3 is 0 Å². The molecular weight excluding hydrogens is 356 g/mol. The molecule has 1 heterocycles. The summed E-state index contributed by atoms with van der Waals surface area (Å²) in [7, 11) is 1.69. The van der Waals surface area contributed by atoms with Gasteiger partial charge in [0.25, 0.3) is 0 Å². The van der Waals surface area contributed by atoms with Crippen LogP contribution in [0.3, 0.4) is 0 Å². The molecule has 4 rings (SSSR count). The molecule has 0 bridgehead atoms. The molecule has 1 unspecified atom stereocenters. The van der Waals surface area contributed by atoms with Crippen molar-refractivity contribution in [1.29, 1.82) is 5.26 Å². The predicted octanol–water partition coefficient (Wildman–Crippen LogP) is 5.48. The summed E-state index contributed by atoms with van der Waals surface area (Å²) in [4.78, 5) is 0. The molecule has 0 aromatic heterocycles. The normalized spacial score (nSPS) is 16.8. The first kappa shape index (κ1) is 19.5. The smallest absolute Gasteiger partial charge is 0.180 e. The standard InChI is InChI=1S/C26H29N2O/c1-29-25-14-12-21(13-15-25)18-24(19-27)28(16-5-2-6-17-28)20-23-10-7-9-22-8-3-4-11-26(22)23/h3-4,7-15,24H,2,5-6,16-18,20H2,1H3/q+1. The zero-order valence-electron chi connectivity index (χ0n) is 17.2. The molecular formula is C26H29N2O+. The SMILES string of the molecule is COc1ccc(CC(C#N)[N+]2(Cc3cccc4ccccc34)CCCCC2)cc1. The zero-order valence-corrected chi connectivity index (χ0v) is 17.2. The third kappa shape index (κ3) is 4.13. The van der Waals surface area contributed by atoms with Gasteiger partial charge in [0, 0.05) is 12.0 Å². The van der Waals surface area contributed by atoms with Crippen molar-refractivity contribution in [1.82, 2.24) is 0 Å². The van der Waals surface area contributed by atoms with Gasteiger partial charge in [0.1, 0.15) is 18.4 Å². The average molecular weight is 386 g/mol. The van der Waals surface area contributed by atoms with E-state index >= 15 is 0 Å². The van der Waals surface area contributed by atoms with E-state index < -0.39 is 0 Å². The Morgan fingerprint density at radius 2 is 1.66 bits per heavy atom. The molecule has 0 radical (unpaired) electrons. The summed E-state index contributed by atoms with van der Waals surface area (Å²) in [5.74, 6) is 0.861. The number of nitriles is 1. The summed E-state index contributed by atoms with van der Waals surface area (Å²) in [6, 6.07) is 26.0. The van der Waals surface area contributed by atoms with E-state index in [-0.39, 0.29) is 6.04 Å². The van der Waals surface area contributed by atoms with Crippen LogP contribution in [0.25, 0.3) is 10.8 Å². The molecule has 0 N–H and O–H groups in total. The second-order valence-corrected chi connectivity index (χ2v) is 8.22. The van der Waals surface area contributed by atoms with Crippen molar-refractivity contribution in [2.24, 2.45) is 0 Å². The molecule has 1 fully saturated rings. The molecule has 148 valence electrons. The number of piperidine rings is 1. The molecule has 29 heavy (non-hydrogen) atoms. The van der Waals surface area contributed by atoms with E-state index in [2.05, 4.69) is 60.7 Å². The van der Waals surface area contributed by atoms with E-state index in [4.69, 9.17) is 4.74 Å². The molecule has 3 aromatic carbocycles. The number of quaternary nitrogens is 1. The van der Waals surface area contributed by atoms with Crippen molar-refractivity contribution in [2.45, 2.75) is 38.3 Å². The van der Waals surface area contributed by atoms with Crippen molar-refractivity contribution >= 4 is 10.8 Å². The molecule has 3 nitrogen and oxygen atoms in total. The highest BCUT2D eigenvalue weighted by Gasteiger charge is 2.39. The fourth-order valence-corrected chi connectivity index (χ4v) is 4.84. The first-order valence-corrected chi connectivity index (χ1v) is 10.6. The zero-order chi connectivity index (χ0) is 20.1. The van der Waals surface area contributed by atoms with Gasteiger partial charge in [-0.25, -0.2) is 0 Å². The minimum absolute atomic E-state index is 0.0392. The van der Waals surface area contributed by atoms with Gasteiger partial charge in [-0.3, -0.25) is 0 Å². The Morgan fingerprint density at radius 1 is 0.931 bits per heavy atom. The molecule has 1 aliphatic rings. The van der Waals surface area contributed by atoms with Crippen molar-refractivity contribution in [3.05, 3.63) is 77.9 Å². The van der Waals surface area contributed by atoms with Gasteiger partial charge in [-0.05, 0) is 47.7 Å². The van der Waals surface area contributed by atoms with Crippen molar-refractivity contribution in [3.63, 3.8) is 0 Å². The van der Waals surface area contributed by atoms with E-state index in [0.717, 1.165) is 36.3 Å². The number of methoxy groups -OCH3 is 1. The average Bonchev–Trinajstić information content (AvgIpc) is 2.78. The van der Waals surface area contributed by atoms with Crippen LogP contribution in [-0.4, -0.2) is 30.7 Å². The highest BCUT2D eigenvalue weighted by Crippen LogP contribution is 2.31. The van der Waals surface area contributed by atoms with Gasteiger partial charge in [-0.2, -0.15) is 5.26 Å². The Kier molecular flexibility index (Phi) is 5.83. The predicted molar refractivity (Wildman–Crippen MR) is 118 cm³/mol. The summed E-state index contributed by atoms with van der Waals surface area (Å²) in [6.45, 7) is 3.09. The van der Waals surface area contributed by atoms with Crippen LogP contribution in [0.1, 0.15) is 30.4 Å². The van der Waals surface area contributed by atoms with Crippen molar-refractivity contribution in [3.8, 4) is 11.8 Å². The van der Waals surface area contributed by atoms with Crippen molar-refractivity contribution < 1.29 is 9.22 Å². The lowest BCUT2D eigenvalue weighted by molar-refractivity contribution is -0.960. The Hall–Kier alpha value is -2.83. The summed E-state index contributed by atoms with van der Waals surface area (Å²) in [5, 5.41) is 12.8. The second kappa shape index (κ2) is 8.68. The van der Waals surface area contributed by atoms with Crippen LogP contribution >= 0.6 is 0 Å². The maximum absolute atomic E-state index is 10.2. The fourth-order valence-electron chi connectivity index (χ4n) is 4.84. The van der Waals surface area contributed by atoms with Crippen LogP contribution in [0.2, 0.25) is 0 Å². The van der Waals surface area contributed by atoms with Gasteiger partial charge in [0.15, 0.2) is 6.04 Å². The topological polar surface area (TPSA) is 33.0 Å². The second-order valence-electron chi connectivity index (χ2n) is 8.22. The van der Waals surface area contributed by atoms with Crippen molar-refractivity contribution in [2.75, 3.05) is 20.2 Å². The summed E-state index contributed by atoms with van der Waals surface area (Å²) in [5.41, 5.74) is 2.57. The number of benzene rings is 3. The maximum Gasteiger partial charge on any atom is 0.180 e. The molecule has 0 spiro atoms. The molecule has 1 aliphatic heterocycles. The number of fused-ring (bicyclic) bond motifs is 1. The Bertz CT molecular complexity index is 992. The lowest BCUT2D eigenvalue weighted by atomic mass is 9.95. The first-order valence-electron chi connectivity index (χ1n) is 10.6. The first-order chi connectivity index (χ1) is 14.2. The van der Waals surface area contributed by atoms with Crippen LogP contribution in [0.4, 0.5) is 0 Å². The van der Waals surface area contributed by atoms with Gasteiger partial charge in [0.05, 0.1) is 20.2 Å². The molecule has 3 heteroatoms. The molecule has 0 amide bonds. The number of hydrogen-bond donors (Lipinski definition) is 0. The fraction of sp³-hybridized carbons (Fsp3) is 0.346. The molecule has 0 aliphatic carbocycles. The van der Waals surface area contributed by atoms with Gasteiger partial charge in [0.2, 0.25) is 0 Å². The van der Waals surface area contributed by atoms with Crippen LogP contribution in [-0.2, 0) is 13.0 Å². The number of ether oxygens (including phenoxy) is 1. The van der Waals surface area contributed by atoms with Gasteiger partial charge < -0.3 is 9.22 Å². The molecule has 0 saturated carbocycles. The van der Waals surface area contributed by atoms with E-state index in [0.29, 0.717) is 0 Å².